The van der Waals surface area contributed by atoms with Gasteiger partial charge in [-0.15, -0.1) is 0 Å². The van der Waals surface area contributed by atoms with E-state index in [1.165, 1.54) is 0 Å². The zero-order valence-electron chi connectivity index (χ0n) is 13.7. The number of pyridine rings is 1. The quantitative estimate of drug-likeness (QED) is 0.883. The number of aromatic nitrogens is 1. The minimum atomic E-state index is -0.909. The molecule has 5 heteroatoms. The van der Waals surface area contributed by atoms with Crippen molar-refractivity contribution in [3.05, 3.63) is 48.8 Å². The number of hydrogen-bond donors (Lipinski definition) is 2. The fourth-order valence-corrected chi connectivity index (χ4v) is 3.34. The number of carboxylic acid groups (broad SMARTS) is 1. The van der Waals surface area contributed by atoms with Gasteiger partial charge in [-0.25, -0.2) is 0 Å². The largest absolute Gasteiger partial charge is 0.481 e. The first kappa shape index (κ1) is 16.2. The van der Waals surface area contributed by atoms with Crippen LogP contribution in [0, 0.1) is 17.3 Å². The first-order chi connectivity index (χ1) is 11.5. The number of benzene rings is 1. The fraction of sp³-hybridized carbons (Fsp3) is 0.316. The molecule has 1 heterocycles. The lowest BCUT2D eigenvalue weighted by Crippen LogP contribution is -2.32. The predicted octanol–water partition coefficient (Wildman–Crippen LogP) is 3.43. The van der Waals surface area contributed by atoms with Crippen LogP contribution in [0.15, 0.2) is 48.8 Å². The number of carbonyl (C=O) groups excluding carboxylic acids is 1. The van der Waals surface area contributed by atoms with Crippen molar-refractivity contribution in [1.29, 1.82) is 0 Å². The van der Waals surface area contributed by atoms with Crippen LogP contribution in [0.4, 0.5) is 5.69 Å². The predicted molar refractivity (Wildman–Crippen MR) is 91.3 cm³/mol. The third-order valence-electron chi connectivity index (χ3n) is 4.91. The van der Waals surface area contributed by atoms with E-state index in [4.69, 9.17) is 0 Å². The molecule has 0 aliphatic heterocycles. The van der Waals surface area contributed by atoms with E-state index in [-0.39, 0.29) is 11.8 Å². The van der Waals surface area contributed by atoms with Crippen LogP contribution >= 0.6 is 0 Å². The summed E-state index contributed by atoms with van der Waals surface area (Å²) in [4.78, 5) is 28.3. The van der Waals surface area contributed by atoms with Crippen molar-refractivity contribution in [2.24, 2.45) is 17.3 Å². The van der Waals surface area contributed by atoms with Crippen LogP contribution < -0.4 is 5.32 Å². The molecule has 0 radical (unpaired) electrons. The Labute approximate surface area is 140 Å². The highest BCUT2D eigenvalue weighted by Crippen LogP contribution is 2.58. The highest BCUT2D eigenvalue weighted by molar-refractivity contribution is 6.03. The van der Waals surface area contributed by atoms with Crippen LogP contribution in [-0.4, -0.2) is 22.0 Å². The Morgan fingerprint density at radius 2 is 1.96 bits per heavy atom. The number of anilines is 1. The summed E-state index contributed by atoms with van der Waals surface area (Å²) in [6, 6.07) is 11.5. The van der Waals surface area contributed by atoms with Crippen molar-refractivity contribution in [2.45, 2.75) is 20.3 Å². The monoisotopic (exact) mass is 324 g/mol. The molecule has 1 aliphatic rings. The lowest BCUT2D eigenvalue weighted by Gasteiger charge is -2.21. The summed E-state index contributed by atoms with van der Waals surface area (Å²) in [5, 5.41) is 12.2. The molecule has 124 valence electrons. The summed E-state index contributed by atoms with van der Waals surface area (Å²) in [6.07, 6.45) is 3.66. The van der Waals surface area contributed by atoms with Crippen molar-refractivity contribution in [3.8, 4) is 11.1 Å². The number of rotatable bonds is 5. The molecule has 0 spiro atoms. The Morgan fingerprint density at radius 3 is 2.54 bits per heavy atom. The summed E-state index contributed by atoms with van der Waals surface area (Å²) in [5.74, 6) is -1.81. The lowest BCUT2D eigenvalue weighted by atomic mass is 9.88. The maximum atomic E-state index is 12.8. The highest BCUT2D eigenvalue weighted by atomic mass is 16.4. The molecule has 5 nitrogen and oxygen atoms in total. The second kappa shape index (κ2) is 6.07. The van der Waals surface area contributed by atoms with Crippen molar-refractivity contribution < 1.29 is 14.7 Å². The van der Waals surface area contributed by atoms with Crippen molar-refractivity contribution in [2.75, 3.05) is 5.32 Å². The third kappa shape index (κ3) is 2.66. The molecule has 2 atom stereocenters. The first-order valence-corrected chi connectivity index (χ1v) is 8.00. The summed E-state index contributed by atoms with van der Waals surface area (Å²) in [6.45, 7) is 3.79. The summed E-state index contributed by atoms with van der Waals surface area (Å²) < 4.78 is 0. The van der Waals surface area contributed by atoms with Gasteiger partial charge in [0.05, 0.1) is 23.2 Å². The Bertz CT molecular complexity index is 773. The van der Waals surface area contributed by atoms with E-state index in [2.05, 4.69) is 10.3 Å². The smallest absolute Gasteiger partial charge is 0.307 e. The van der Waals surface area contributed by atoms with Gasteiger partial charge in [0.25, 0.3) is 0 Å². The number of carbonyl (C=O) groups is 2. The summed E-state index contributed by atoms with van der Waals surface area (Å²) in [7, 11) is 0. The van der Waals surface area contributed by atoms with Crippen molar-refractivity contribution >= 4 is 17.6 Å². The molecule has 1 amide bonds. The van der Waals surface area contributed by atoms with Gasteiger partial charge in [0.15, 0.2) is 0 Å². The molecule has 1 fully saturated rings. The number of hydrogen-bond acceptors (Lipinski definition) is 3. The standard InChI is InChI=1S/C19H20N2O3/c1-12(2)19(10-15(19)17(22)23)18(24)21-16-11-20-9-8-14(16)13-6-4-3-5-7-13/h3-9,11-12,15H,10H2,1-2H3,(H,21,24)(H,22,23)/t15-,19+/m0/s1. The maximum absolute atomic E-state index is 12.8. The molecule has 0 saturated heterocycles. The van der Waals surface area contributed by atoms with Crippen LogP contribution in [0.3, 0.4) is 0 Å². The van der Waals surface area contributed by atoms with Gasteiger partial charge in [-0.3, -0.25) is 14.6 Å². The van der Waals surface area contributed by atoms with Crippen molar-refractivity contribution in [1.82, 2.24) is 4.98 Å². The first-order valence-electron chi connectivity index (χ1n) is 8.00. The number of carboxylic acids is 1. The normalized spacial score (nSPS) is 22.2. The minimum Gasteiger partial charge on any atom is -0.481 e. The average Bonchev–Trinajstić information content (AvgIpc) is 3.34. The van der Waals surface area contributed by atoms with E-state index in [0.29, 0.717) is 12.1 Å². The molecule has 1 saturated carbocycles. The highest BCUT2D eigenvalue weighted by Gasteiger charge is 2.65. The van der Waals surface area contributed by atoms with Gasteiger partial charge < -0.3 is 10.4 Å². The van der Waals surface area contributed by atoms with E-state index in [9.17, 15) is 14.7 Å². The molecule has 0 unspecified atom stereocenters. The number of amides is 1. The zero-order chi connectivity index (χ0) is 17.3. The number of nitrogens with zero attached hydrogens (tertiary/aromatic N) is 1. The Hall–Kier alpha value is -2.69. The molecular weight excluding hydrogens is 304 g/mol. The average molecular weight is 324 g/mol. The van der Waals surface area contributed by atoms with Gasteiger partial charge in [0, 0.05) is 11.8 Å². The zero-order valence-corrected chi connectivity index (χ0v) is 13.7. The van der Waals surface area contributed by atoms with E-state index in [0.717, 1.165) is 11.1 Å². The maximum Gasteiger partial charge on any atom is 0.307 e. The van der Waals surface area contributed by atoms with E-state index in [1.807, 2.05) is 50.2 Å². The molecule has 2 N–H and O–H groups in total. The Morgan fingerprint density at radius 1 is 1.25 bits per heavy atom. The molecule has 1 aromatic carbocycles. The van der Waals surface area contributed by atoms with E-state index < -0.39 is 17.3 Å². The van der Waals surface area contributed by atoms with Gasteiger partial charge in [0.1, 0.15) is 0 Å². The third-order valence-corrected chi connectivity index (χ3v) is 4.91. The molecule has 3 rings (SSSR count). The molecule has 1 aromatic heterocycles. The van der Waals surface area contributed by atoms with E-state index >= 15 is 0 Å². The van der Waals surface area contributed by atoms with Crippen LogP contribution in [0.5, 0.6) is 0 Å². The summed E-state index contributed by atoms with van der Waals surface area (Å²) in [5.41, 5.74) is 1.60. The Kier molecular flexibility index (Phi) is 4.09. The van der Waals surface area contributed by atoms with Crippen LogP contribution in [0.2, 0.25) is 0 Å². The van der Waals surface area contributed by atoms with Crippen LogP contribution in [0.1, 0.15) is 20.3 Å². The molecule has 2 aromatic rings. The summed E-state index contributed by atoms with van der Waals surface area (Å²) >= 11 is 0. The van der Waals surface area contributed by atoms with Gasteiger partial charge >= 0.3 is 5.97 Å². The minimum absolute atomic E-state index is 0.0459. The second-order valence-electron chi connectivity index (χ2n) is 6.53. The second-order valence-corrected chi connectivity index (χ2v) is 6.53. The molecule has 24 heavy (non-hydrogen) atoms. The van der Waals surface area contributed by atoms with Crippen LogP contribution in [-0.2, 0) is 9.59 Å². The molecule has 1 aliphatic carbocycles. The number of aliphatic carboxylic acids is 1. The van der Waals surface area contributed by atoms with Crippen LogP contribution in [0.25, 0.3) is 11.1 Å². The fourth-order valence-electron chi connectivity index (χ4n) is 3.34. The van der Waals surface area contributed by atoms with Gasteiger partial charge in [0.2, 0.25) is 5.91 Å². The Balaban J connectivity index is 1.90. The van der Waals surface area contributed by atoms with Gasteiger partial charge in [-0.05, 0) is 24.0 Å². The van der Waals surface area contributed by atoms with Gasteiger partial charge in [-0.2, -0.15) is 0 Å². The number of nitrogens with one attached hydrogen (secondary N) is 1. The van der Waals surface area contributed by atoms with E-state index in [1.54, 1.807) is 12.4 Å². The molecule has 0 bridgehead atoms. The molecular formula is C19H20N2O3. The lowest BCUT2D eigenvalue weighted by molar-refractivity contribution is -0.141. The van der Waals surface area contributed by atoms with Gasteiger partial charge in [-0.1, -0.05) is 44.2 Å². The topological polar surface area (TPSA) is 79.3 Å². The SMILES string of the molecule is CC(C)[C@]1(C(=O)Nc2cnccc2-c2ccccc2)C[C@H]1C(=O)O. The van der Waals surface area contributed by atoms with Crippen molar-refractivity contribution in [3.63, 3.8) is 0 Å².